The highest BCUT2D eigenvalue weighted by Crippen LogP contribution is 2.63. The molecule has 4 bridgehead atoms. The summed E-state index contributed by atoms with van der Waals surface area (Å²) < 4.78 is 48.3. The predicted octanol–water partition coefficient (Wildman–Crippen LogP) is 1.86. The lowest BCUT2D eigenvalue weighted by atomic mass is 9.50. The van der Waals surface area contributed by atoms with Gasteiger partial charge < -0.3 is 42.6 Å². The minimum absolute atomic E-state index is 0.00921. The zero-order valence-corrected chi connectivity index (χ0v) is 18.7. The molecule has 7 aliphatic rings. The van der Waals surface area contributed by atoms with Crippen LogP contribution in [0.25, 0.3) is 0 Å². The van der Waals surface area contributed by atoms with E-state index >= 15 is 0 Å². The molecule has 3 unspecified atom stereocenters. The van der Waals surface area contributed by atoms with Crippen molar-refractivity contribution >= 4 is 18.5 Å². The Morgan fingerprint density at radius 1 is 0.588 bits per heavy atom. The van der Waals surface area contributed by atoms with Gasteiger partial charge in [0, 0.05) is 19.3 Å². The van der Waals surface area contributed by atoms with Crippen LogP contribution in [0.5, 0.6) is 0 Å². The molecule has 3 saturated heterocycles. The van der Waals surface area contributed by atoms with Crippen LogP contribution in [0.2, 0.25) is 0 Å². The quantitative estimate of drug-likeness (QED) is 0.267. The number of rotatable bonds is 9. The molecule has 12 heteroatoms. The third-order valence-electron chi connectivity index (χ3n) is 7.18. The van der Waals surface area contributed by atoms with E-state index in [1.165, 1.54) is 0 Å². The molecule has 0 radical (unpaired) electrons. The molecule has 188 valence electrons. The summed E-state index contributed by atoms with van der Waals surface area (Å²) in [5.41, 5.74) is -3.00. The Morgan fingerprint density at radius 3 is 1.15 bits per heavy atom. The molecule has 0 aromatic heterocycles. The highest BCUT2D eigenvalue weighted by molar-refractivity contribution is 5.63. The van der Waals surface area contributed by atoms with Crippen LogP contribution in [0.15, 0.2) is 0 Å². The smallest absolute Gasteiger partial charge is 0.431 e. The summed E-state index contributed by atoms with van der Waals surface area (Å²) >= 11 is 0. The molecule has 0 aromatic carbocycles. The molecule has 0 aromatic rings. The lowest BCUT2D eigenvalue weighted by Crippen LogP contribution is -2.69. The van der Waals surface area contributed by atoms with Gasteiger partial charge in [0.1, 0.15) is 54.9 Å². The molecule has 0 amide bonds. The van der Waals surface area contributed by atoms with Gasteiger partial charge in [-0.2, -0.15) is 0 Å². The first kappa shape index (κ1) is 22.2. The highest BCUT2D eigenvalue weighted by atomic mass is 16.8. The SMILES string of the molecule is O=C(OCC1CO1)OC12CC3CC(OC(=O)OCC4CO4)(C1)CC(OC(=O)OCC1CO1)(C3)C2. The predicted molar refractivity (Wildman–Crippen MR) is 106 cm³/mol. The molecule has 3 atom stereocenters. The first-order chi connectivity index (χ1) is 16.3. The van der Waals surface area contributed by atoms with E-state index in [9.17, 15) is 14.4 Å². The Morgan fingerprint density at radius 2 is 0.882 bits per heavy atom. The van der Waals surface area contributed by atoms with Crippen LogP contribution in [0.4, 0.5) is 14.4 Å². The fourth-order valence-corrected chi connectivity index (χ4v) is 6.11. The maximum atomic E-state index is 12.5. The van der Waals surface area contributed by atoms with Crippen molar-refractivity contribution in [2.45, 2.75) is 73.6 Å². The standard InChI is InChI=1S/C22H28O12/c23-17(29-7-14-4-26-14)32-20-1-13-2-21(10-20,33-18(24)30-8-15-5-27-15)12-22(3-13,11-20)34-19(25)31-9-16-6-28-16/h13-16H,1-12H2. The van der Waals surface area contributed by atoms with Gasteiger partial charge in [-0.25, -0.2) is 14.4 Å². The van der Waals surface area contributed by atoms with E-state index in [0.717, 1.165) is 0 Å². The Bertz CT molecular complexity index is 729. The molecule has 0 spiro atoms. The van der Waals surface area contributed by atoms with Gasteiger partial charge in [0.2, 0.25) is 0 Å². The van der Waals surface area contributed by atoms with Crippen LogP contribution in [0.3, 0.4) is 0 Å². The molecule has 7 rings (SSSR count). The molecule has 12 nitrogen and oxygen atoms in total. The van der Waals surface area contributed by atoms with Crippen molar-refractivity contribution in [2.75, 3.05) is 39.6 Å². The molecule has 34 heavy (non-hydrogen) atoms. The van der Waals surface area contributed by atoms with Crippen molar-refractivity contribution in [3.63, 3.8) is 0 Å². The van der Waals surface area contributed by atoms with Crippen molar-refractivity contribution in [3.05, 3.63) is 0 Å². The second kappa shape index (κ2) is 8.13. The number of carbonyl (C=O) groups excluding carboxylic acids is 3. The largest absolute Gasteiger partial charge is 0.508 e. The van der Waals surface area contributed by atoms with Crippen molar-refractivity contribution in [2.24, 2.45) is 5.92 Å². The minimum atomic E-state index is -0.999. The van der Waals surface area contributed by atoms with Gasteiger partial charge in [0.05, 0.1) is 19.8 Å². The molecule has 3 heterocycles. The third kappa shape index (κ3) is 5.03. The Hall–Kier alpha value is -2.31. The molecule has 3 aliphatic heterocycles. The van der Waals surface area contributed by atoms with Crippen LogP contribution in [0, 0.1) is 5.92 Å². The average Bonchev–Trinajstić information content (AvgIpc) is 3.58. The number of epoxide rings is 3. The number of carbonyl (C=O) groups is 3. The van der Waals surface area contributed by atoms with Crippen molar-refractivity contribution in [3.8, 4) is 0 Å². The molecule has 4 saturated carbocycles. The summed E-state index contributed by atoms with van der Waals surface area (Å²) in [5, 5.41) is 0. The molecular formula is C22H28O12. The van der Waals surface area contributed by atoms with E-state index in [4.69, 9.17) is 42.6 Å². The maximum absolute atomic E-state index is 12.5. The maximum Gasteiger partial charge on any atom is 0.508 e. The first-order valence-corrected chi connectivity index (χ1v) is 11.7. The van der Waals surface area contributed by atoms with E-state index in [0.29, 0.717) is 39.1 Å². The van der Waals surface area contributed by atoms with Crippen LogP contribution in [0.1, 0.15) is 38.5 Å². The molecule has 4 aliphatic carbocycles. The topological polar surface area (TPSA) is 144 Å². The van der Waals surface area contributed by atoms with Gasteiger partial charge in [-0.05, 0) is 25.2 Å². The van der Waals surface area contributed by atoms with E-state index in [2.05, 4.69) is 0 Å². The molecular weight excluding hydrogens is 456 g/mol. The number of hydrogen-bond acceptors (Lipinski definition) is 12. The summed E-state index contributed by atoms with van der Waals surface area (Å²) in [7, 11) is 0. The zero-order chi connectivity index (χ0) is 23.4. The average molecular weight is 484 g/mol. The van der Waals surface area contributed by atoms with Crippen molar-refractivity contribution in [1.29, 1.82) is 0 Å². The van der Waals surface area contributed by atoms with Crippen LogP contribution >= 0.6 is 0 Å². The van der Waals surface area contributed by atoms with Gasteiger partial charge in [-0.15, -0.1) is 0 Å². The van der Waals surface area contributed by atoms with Crippen LogP contribution in [-0.4, -0.2) is 93.2 Å². The van der Waals surface area contributed by atoms with Gasteiger partial charge >= 0.3 is 18.5 Å². The summed E-state index contributed by atoms with van der Waals surface area (Å²) in [6, 6.07) is 0. The third-order valence-corrected chi connectivity index (χ3v) is 7.18. The summed E-state index contributed by atoms with van der Waals surface area (Å²) in [4.78, 5) is 37.5. The van der Waals surface area contributed by atoms with Crippen molar-refractivity contribution in [1.82, 2.24) is 0 Å². The van der Waals surface area contributed by atoms with Crippen LogP contribution < -0.4 is 0 Å². The molecule has 0 N–H and O–H groups in total. The lowest BCUT2D eigenvalue weighted by molar-refractivity contribution is -0.261. The lowest BCUT2D eigenvalue weighted by Gasteiger charge is -2.63. The minimum Gasteiger partial charge on any atom is -0.431 e. The number of ether oxygens (including phenoxy) is 9. The van der Waals surface area contributed by atoms with Gasteiger partial charge in [-0.1, -0.05) is 0 Å². The Kier molecular flexibility index (Phi) is 5.30. The second-order valence-electron chi connectivity index (χ2n) is 10.4. The van der Waals surface area contributed by atoms with E-state index in [-0.39, 0.29) is 63.3 Å². The number of hydrogen-bond donors (Lipinski definition) is 0. The van der Waals surface area contributed by atoms with Crippen LogP contribution in [-0.2, 0) is 42.6 Å². The van der Waals surface area contributed by atoms with Crippen molar-refractivity contribution < 1.29 is 57.0 Å². The fraction of sp³-hybridized carbons (Fsp3) is 0.864. The van der Waals surface area contributed by atoms with Gasteiger partial charge in [-0.3, -0.25) is 0 Å². The highest BCUT2D eigenvalue weighted by Gasteiger charge is 2.69. The van der Waals surface area contributed by atoms with E-state index < -0.39 is 35.3 Å². The zero-order valence-electron chi connectivity index (χ0n) is 18.7. The summed E-state index contributed by atoms with van der Waals surface area (Å²) in [5.74, 6) is 0.00921. The van der Waals surface area contributed by atoms with E-state index in [1.807, 2.05) is 0 Å². The second-order valence-corrected chi connectivity index (χ2v) is 10.4. The Balaban J connectivity index is 1.17. The van der Waals surface area contributed by atoms with Gasteiger partial charge in [0.15, 0.2) is 0 Å². The normalized spacial score (nSPS) is 42.4. The fourth-order valence-electron chi connectivity index (χ4n) is 6.11. The first-order valence-electron chi connectivity index (χ1n) is 11.7. The molecule has 7 fully saturated rings. The van der Waals surface area contributed by atoms with Gasteiger partial charge in [0.25, 0.3) is 0 Å². The monoisotopic (exact) mass is 484 g/mol. The summed E-state index contributed by atoms with van der Waals surface area (Å²) in [6.45, 7) is 2.01. The van der Waals surface area contributed by atoms with E-state index in [1.54, 1.807) is 0 Å². The Labute approximate surface area is 195 Å². The summed E-state index contributed by atoms with van der Waals surface area (Å²) in [6.07, 6.45) is -0.212.